The Morgan fingerprint density at radius 3 is 2.56 bits per heavy atom. The molecule has 4 heteroatoms. The number of nitrogens with two attached hydrogens (primary N) is 1. The van der Waals surface area contributed by atoms with Crippen LogP contribution in [-0.2, 0) is 16.0 Å². The molecule has 0 aliphatic rings. The first-order valence-corrected chi connectivity index (χ1v) is 6.14. The topological polar surface area (TPSA) is 61.5 Å². The van der Waals surface area contributed by atoms with E-state index in [0.29, 0.717) is 5.75 Å². The molecule has 0 bridgehead atoms. The van der Waals surface area contributed by atoms with E-state index in [9.17, 15) is 4.79 Å². The molecule has 1 rings (SSSR count). The zero-order valence-corrected chi connectivity index (χ0v) is 11.2. The number of esters is 1. The van der Waals surface area contributed by atoms with Crippen LogP contribution in [0.15, 0.2) is 24.3 Å². The molecule has 0 amide bonds. The van der Waals surface area contributed by atoms with Gasteiger partial charge in [0.25, 0.3) is 0 Å². The predicted octanol–water partition coefficient (Wildman–Crippen LogP) is 1.91. The van der Waals surface area contributed by atoms with E-state index in [2.05, 4.69) is 0 Å². The van der Waals surface area contributed by atoms with E-state index in [1.54, 1.807) is 0 Å². The average Bonchev–Trinajstić information content (AvgIpc) is 2.26. The maximum atomic E-state index is 11.4. The van der Waals surface area contributed by atoms with E-state index in [1.165, 1.54) is 0 Å². The highest BCUT2D eigenvalue weighted by Gasteiger charge is 2.09. The van der Waals surface area contributed by atoms with Gasteiger partial charge in [-0.2, -0.15) is 0 Å². The van der Waals surface area contributed by atoms with Gasteiger partial charge in [-0.3, -0.25) is 0 Å². The Labute approximate surface area is 108 Å². The number of ether oxygens (including phenoxy) is 2. The average molecular weight is 251 g/mol. The molecule has 0 heterocycles. The number of para-hydroxylation sites is 1. The van der Waals surface area contributed by atoms with Gasteiger partial charge in [-0.25, -0.2) is 4.79 Å². The van der Waals surface area contributed by atoms with E-state index in [4.69, 9.17) is 15.2 Å². The maximum absolute atomic E-state index is 11.4. The van der Waals surface area contributed by atoms with Gasteiger partial charge in [-0.05, 0) is 38.8 Å². The van der Waals surface area contributed by atoms with E-state index in [-0.39, 0.29) is 24.7 Å². The highest BCUT2D eigenvalue weighted by Crippen LogP contribution is 2.19. The Hall–Kier alpha value is -1.55. The predicted molar refractivity (Wildman–Crippen MR) is 70.5 cm³/mol. The van der Waals surface area contributed by atoms with Gasteiger partial charge in [0.05, 0.1) is 6.10 Å². The first-order chi connectivity index (χ1) is 8.49. The first-order valence-electron chi connectivity index (χ1n) is 6.14. The van der Waals surface area contributed by atoms with Gasteiger partial charge < -0.3 is 15.2 Å². The summed E-state index contributed by atoms with van der Waals surface area (Å²) in [6.07, 6.45) is 0.593. The lowest BCUT2D eigenvalue weighted by molar-refractivity contribution is -0.149. The molecule has 18 heavy (non-hydrogen) atoms. The quantitative estimate of drug-likeness (QED) is 0.784. The van der Waals surface area contributed by atoms with Crippen molar-refractivity contribution in [3.63, 3.8) is 0 Å². The first kappa shape index (κ1) is 14.5. The molecule has 0 fully saturated rings. The number of hydrogen-bond acceptors (Lipinski definition) is 4. The lowest BCUT2D eigenvalue weighted by atomic mass is 10.1. The van der Waals surface area contributed by atoms with Gasteiger partial charge in [0, 0.05) is 6.04 Å². The molecule has 0 saturated heterocycles. The molecular formula is C14H21NO3. The van der Waals surface area contributed by atoms with Crippen LogP contribution < -0.4 is 10.5 Å². The fourth-order valence-electron chi connectivity index (χ4n) is 1.59. The highest BCUT2D eigenvalue weighted by molar-refractivity contribution is 5.71. The molecule has 1 aromatic rings. The van der Waals surface area contributed by atoms with Gasteiger partial charge >= 0.3 is 5.97 Å². The fourth-order valence-corrected chi connectivity index (χ4v) is 1.59. The van der Waals surface area contributed by atoms with Crippen LogP contribution in [0.3, 0.4) is 0 Å². The van der Waals surface area contributed by atoms with Crippen molar-refractivity contribution in [1.82, 2.24) is 0 Å². The van der Waals surface area contributed by atoms with Crippen LogP contribution in [0.4, 0.5) is 0 Å². The summed E-state index contributed by atoms with van der Waals surface area (Å²) >= 11 is 0. The lowest BCUT2D eigenvalue weighted by Gasteiger charge is -2.13. The van der Waals surface area contributed by atoms with Gasteiger partial charge in [0.15, 0.2) is 6.61 Å². The van der Waals surface area contributed by atoms with Crippen LogP contribution in [0.5, 0.6) is 5.75 Å². The molecule has 2 N–H and O–H groups in total. The van der Waals surface area contributed by atoms with Crippen LogP contribution in [-0.4, -0.2) is 24.7 Å². The monoisotopic (exact) mass is 251 g/mol. The molecule has 0 radical (unpaired) electrons. The molecular weight excluding hydrogens is 230 g/mol. The third-order valence-electron chi connectivity index (χ3n) is 2.23. The summed E-state index contributed by atoms with van der Waals surface area (Å²) in [6.45, 7) is 5.47. The van der Waals surface area contributed by atoms with E-state index in [0.717, 1.165) is 12.0 Å². The molecule has 1 atom stereocenters. The molecule has 1 aromatic carbocycles. The van der Waals surface area contributed by atoms with Crippen LogP contribution in [0.1, 0.15) is 26.3 Å². The highest BCUT2D eigenvalue weighted by atomic mass is 16.6. The molecule has 0 aromatic heterocycles. The van der Waals surface area contributed by atoms with Crippen molar-refractivity contribution >= 4 is 5.97 Å². The van der Waals surface area contributed by atoms with Crippen molar-refractivity contribution in [1.29, 1.82) is 0 Å². The van der Waals surface area contributed by atoms with Crippen molar-refractivity contribution < 1.29 is 14.3 Å². The standard InChI is InChI=1S/C14H21NO3/c1-10(2)18-14(16)9-17-13-7-5-4-6-12(13)8-11(3)15/h4-7,10-11H,8-9,15H2,1-3H3. The second kappa shape index (κ2) is 7.01. The Bertz CT molecular complexity index is 388. The maximum Gasteiger partial charge on any atom is 0.344 e. The third kappa shape index (κ3) is 5.19. The number of benzene rings is 1. The molecule has 1 unspecified atom stereocenters. The summed E-state index contributed by atoms with van der Waals surface area (Å²) < 4.78 is 10.5. The van der Waals surface area contributed by atoms with Gasteiger partial charge in [0.1, 0.15) is 5.75 Å². The third-order valence-corrected chi connectivity index (χ3v) is 2.23. The largest absolute Gasteiger partial charge is 0.482 e. The smallest absolute Gasteiger partial charge is 0.344 e. The minimum Gasteiger partial charge on any atom is -0.482 e. The second-order valence-corrected chi connectivity index (χ2v) is 4.62. The van der Waals surface area contributed by atoms with Crippen molar-refractivity contribution in [3.05, 3.63) is 29.8 Å². The molecule has 0 spiro atoms. The SMILES string of the molecule is CC(N)Cc1ccccc1OCC(=O)OC(C)C. The summed E-state index contributed by atoms with van der Waals surface area (Å²) in [6, 6.07) is 7.63. The van der Waals surface area contributed by atoms with Crippen molar-refractivity contribution in [2.45, 2.75) is 39.3 Å². The van der Waals surface area contributed by atoms with Crippen LogP contribution in [0, 0.1) is 0 Å². The minimum atomic E-state index is -0.361. The van der Waals surface area contributed by atoms with E-state index < -0.39 is 0 Å². The Morgan fingerprint density at radius 1 is 1.28 bits per heavy atom. The summed E-state index contributed by atoms with van der Waals surface area (Å²) in [7, 11) is 0. The Balaban J connectivity index is 2.58. The summed E-state index contributed by atoms with van der Waals surface area (Å²) in [4.78, 5) is 11.4. The van der Waals surface area contributed by atoms with Crippen LogP contribution in [0.25, 0.3) is 0 Å². The summed E-state index contributed by atoms with van der Waals surface area (Å²) in [5.74, 6) is 0.330. The molecule has 0 aliphatic heterocycles. The van der Waals surface area contributed by atoms with Crippen LogP contribution >= 0.6 is 0 Å². The summed E-state index contributed by atoms with van der Waals surface area (Å²) in [5.41, 5.74) is 6.77. The molecule has 100 valence electrons. The van der Waals surface area contributed by atoms with Gasteiger partial charge in [-0.1, -0.05) is 18.2 Å². The zero-order valence-electron chi connectivity index (χ0n) is 11.2. The van der Waals surface area contributed by atoms with Crippen molar-refractivity contribution in [2.75, 3.05) is 6.61 Å². The zero-order chi connectivity index (χ0) is 13.5. The number of carbonyl (C=O) groups excluding carboxylic acids is 1. The minimum absolute atomic E-state index is 0.0531. The molecule has 0 saturated carbocycles. The lowest BCUT2D eigenvalue weighted by Crippen LogP contribution is -2.21. The Kier molecular flexibility index (Phi) is 5.65. The normalized spacial score (nSPS) is 12.3. The van der Waals surface area contributed by atoms with Crippen molar-refractivity contribution in [3.8, 4) is 5.75 Å². The van der Waals surface area contributed by atoms with E-state index >= 15 is 0 Å². The number of hydrogen-bond donors (Lipinski definition) is 1. The van der Waals surface area contributed by atoms with Gasteiger partial charge in [0.2, 0.25) is 0 Å². The summed E-state index contributed by atoms with van der Waals surface area (Å²) in [5, 5.41) is 0. The van der Waals surface area contributed by atoms with Crippen LogP contribution in [0.2, 0.25) is 0 Å². The molecule has 0 aliphatic carbocycles. The molecule has 4 nitrogen and oxygen atoms in total. The number of carbonyl (C=O) groups is 1. The number of rotatable bonds is 6. The fraction of sp³-hybridized carbons (Fsp3) is 0.500. The Morgan fingerprint density at radius 2 is 1.94 bits per heavy atom. The second-order valence-electron chi connectivity index (χ2n) is 4.62. The van der Waals surface area contributed by atoms with E-state index in [1.807, 2.05) is 45.0 Å². The van der Waals surface area contributed by atoms with Gasteiger partial charge in [-0.15, -0.1) is 0 Å². The van der Waals surface area contributed by atoms with Crippen molar-refractivity contribution in [2.24, 2.45) is 5.73 Å².